The second-order valence-corrected chi connectivity index (χ2v) is 9.11. The van der Waals surface area contributed by atoms with Crippen molar-refractivity contribution >= 4 is 0 Å². The van der Waals surface area contributed by atoms with Crippen LogP contribution in [0.15, 0.2) is 0 Å². The van der Waals surface area contributed by atoms with Gasteiger partial charge in [-0.25, -0.2) is 17.6 Å². The molecular weight excluding hydrogens is 707 g/mol. The van der Waals surface area contributed by atoms with Crippen molar-refractivity contribution in [1.29, 1.82) is 0 Å². The fraction of sp³-hybridized carbons (Fsp3) is 1.00. The van der Waals surface area contributed by atoms with Crippen LogP contribution < -0.4 is 0 Å². The van der Waals surface area contributed by atoms with Crippen molar-refractivity contribution in [3.05, 3.63) is 0 Å². The highest BCUT2D eigenvalue weighted by Gasteiger charge is 3.20. The van der Waals surface area contributed by atoms with E-state index in [0.29, 0.717) is 0 Å². The molecule has 0 N–H and O–H groups in total. The molecule has 254 valence electrons. The predicted octanol–water partition coefficient (Wildman–Crippen LogP) is 7.95. The molecule has 1 saturated heterocycles. The van der Waals surface area contributed by atoms with Gasteiger partial charge in [-0.05, 0) is 0 Å². The first-order valence-corrected chi connectivity index (χ1v) is 9.52. The number of hydrogen-bond acceptors (Lipinski definition) is 1. The zero-order chi connectivity index (χ0) is 35.1. The average Bonchev–Trinajstić information content (AvgIpc) is 2.93. The van der Waals surface area contributed by atoms with Crippen molar-refractivity contribution in [3.8, 4) is 0 Å². The standard InChI is InChI=1S/C15F27N/c16-1-2(17)4(20,21)6(24,25)8(28,29)10(32,33)13(2,37)43(15(41,42)11(34,35)14(38,39)40)12(1,36)9(30,31)7(26,27)5(22,23)3(1,18)19. The summed E-state index contributed by atoms with van der Waals surface area (Å²) < 4.78 is 383. The zero-order valence-corrected chi connectivity index (χ0v) is 18.2. The zero-order valence-electron chi connectivity index (χ0n) is 18.2. The first-order valence-electron chi connectivity index (χ1n) is 9.52. The van der Waals surface area contributed by atoms with Gasteiger partial charge in [-0.1, -0.05) is 0 Å². The Hall–Kier alpha value is -1.93. The van der Waals surface area contributed by atoms with Crippen molar-refractivity contribution in [1.82, 2.24) is 4.90 Å². The third kappa shape index (κ3) is 2.54. The number of hydrogen-bond donors (Lipinski definition) is 0. The normalized spacial score (nSPS) is 42.2. The summed E-state index contributed by atoms with van der Waals surface area (Å²) in [6, 6.07) is -9.59. The molecule has 43 heavy (non-hydrogen) atoms. The van der Waals surface area contributed by atoms with E-state index in [2.05, 4.69) is 0 Å². The monoisotopic (exact) mass is 707 g/mol. The van der Waals surface area contributed by atoms with E-state index in [4.69, 9.17) is 0 Å². The Morgan fingerprint density at radius 3 is 0.721 bits per heavy atom. The average molecular weight is 707 g/mol. The van der Waals surface area contributed by atoms with Crippen LogP contribution in [-0.4, -0.2) is 93.3 Å². The number of likely N-dealkylation sites (tertiary alicyclic amines) is 1. The molecule has 2 saturated carbocycles. The Morgan fingerprint density at radius 2 is 0.512 bits per heavy atom. The SMILES string of the molecule is FC(F)(F)C(F)(F)C(F)(F)N1C2(F)C(F)(F)C(F)(F)C(F)(F)C(F)(F)C2(F)C2(F)C(F)(F)C(F)(F)C(F)(F)C(F)(F)C12F. The second-order valence-electron chi connectivity index (χ2n) is 9.11. The fourth-order valence-electron chi connectivity index (χ4n) is 4.87. The first-order chi connectivity index (χ1) is 18.1. The number of fused-ring (bicyclic) bond motifs is 3. The largest absolute Gasteiger partial charge is 0.461 e. The lowest BCUT2D eigenvalue weighted by atomic mass is 9.58. The van der Waals surface area contributed by atoms with Gasteiger partial charge >= 0.3 is 65.5 Å². The fourth-order valence-corrected chi connectivity index (χ4v) is 4.87. The molecule has 2 aliphatic carbocycles. The van der Waals surface area contributed by atoms with Gasteiger partial charge in [0.2, 0.25) is 0 Å². The van der Waals surface area contributed by atoms with Crippen LogP contribution in [0.3, 0.4) is 0 Å². The minimum atomic E-state index is -9.80. The van der Waals surface area contributed by atoms with Gasteiger partial charge in [-0.2, -0.15) is 106 Å². The van der Waals surface area contributed by atoms with E-state index in [1.54, 1.807) is 0 Å². The number of halogens is 27. The van der Waals surface area contributed by atoms with Crippen LogP contribution in [0.2, 0.25) is 0 Å². The van der Waals surface area contributed by atoms with Gasteiger partial charge in [0.1, 0.15) is 0 Å². The van der Waals surface area contributed by atoms with Crippen LogP contribution in [-0.2, 0) is 0 Å². The van der Waals surface area contributed by atoms with Crippen LogP contribution in [0.5, 0.6) is 0 Å². The van der Waals surface area contributed by atoms with Gasteiger partial charge in [-0.15, -0.1) is 0 Å². The second kappa shape index (κ2) is 7.37. The van der Waals surface area contributed by atoms with Gasteiger partial charge in [0.15, 0.2) is 0 Å². The smallest absolute Gasteiger partial charge is 0.227 e. The molecule has 0 aromatic carbocycles. The maximum Gasteiger partial charge on any atom is 0.461 e. The minimum Gasteiger partial charge on any atom is -0.227 e. The molecule has 1 aliphatic heterocycles. The highest BCUT2D eigenvalue weighted by atomic mass is 19.4. The third-order valence-electron chi connectivity index (χ3n) is 7.08. The van der Waals surface area contributed by atoms with Crippen molar-refractivity contribution in [2.75, 3.05) is 0 Å². The molecule has 28 heteroatoms. The first kappa shape index (κ1) is 35.5. The summed E-state index contributed by atoms with van der Waals surface area (Å²) in [5.41, 5.74) is -19.6. The maximum absolute atomic E-state index is 15.6. The molecule has 4 unspecified atom stereocenters. The molecular formula is C15F27N. The molecule has 3 rings (SSSR count). The van der Waals surface area contributed by atoms with Crippen molar-refractivity contribution in [2.24, 2.45) is 0 Å². The van der Waals surface area contributed by atoms with Gasteiger partial charge in [0, 0.05) is 0 Å². The van der Waals surface area contributed by atoms with Crippen molar-refractivity contribution in [2.45, 2.75) is 88.4 Å². The minimum absolute atomic E-state index is 5.70. The number of nitrogens with zero attached hydrogens (tertiary/aromatic N) is 1. The molecule has 4 atom stereocenters. The van der Waals surface area contributed by atoms with E-state index in [9.17, 15) is 101 Å². The summed E-state index contributed by atoms with van der Waals surface area (Å²) in [4.78, 5) is -5.70. The molecule has 0 bridgehead atoms. The Morgan fingerprint density at radius 1 is 0.302 bits per heavy atom. The lowest BCUT2D eigenvalue weighted by Crippen LogP contribution is -2.92. The topological polar surface area (TPSA) is 3.24 Å². The Labute approximate surface area is 213 Å². The Kier molecular flexibility index (Phi) is 6.10. The van der Waals surface area contributed by atoms with E-state index in [1.165, 1.54) is 0 Å². The van der Waals surface area contributed by atoms with Gasteiger partial charge in [-0.3, -0.25) is 0 Å². The van der Waals surface area contributed by atoms with E-state index in [1.807, 2.05) is 0 Å². The molecule has 3 aliphatic rings. The summed E-state index contributed by atoms with van der Waals surface area (Å²) in [6.45, 7) is 0. The van der Waals surface area contributed by atoms with E-state index in [0.717, 1.165) is 0 Å². The maximum atomic E-state index is 15.6. The van der Waals surface area contributed by atoms with Gasteiger partial charge < -0.3 is 0 Å². The summed E-state index contributed by atoms with van der Waals surface area (Å²) in [5.74, 6) is -102. The van der Waals surface area contributed by atoms with Crippen molar-refractivity contribution in [3.63, 3.8) is 0 Å². The third-order valence-corrected chi connectivity index (χ3v) is 7.08. The summed E-state index contributed by atoms with van der Waals surface area (Å²) in [6.07, 6.45) is -8.58. The van der Waals surface area contributed by atoms with Crippen LogP contribution in [0.25, 0.3) is 0 Å². The van der Waals surface area contributed by atoms with Crippen LogP contribution >= 0.6 is 0 Å². The molecule has 0 aromatic heterocycles. The molecule has 0 radical (unpaired) electrons. The molecule has 1 heterocycles. The van der Waals surface area contributed by atoms with Gasteiger partial charge in [0.05, 0.1) is 0 Å². The Balaban J connectivity index is 2.90. The van der Waals surface area contributed by atoms with Crippen LogP contribution in [0.4, 0.5) is 119 Å². The van der Waals surface area contributed by atoms with Gasteiger partial charge in [0.25, 0.3) is 22.9 Å². The van der Waals surface area contributed by atoms with E-state index >= 15 is 17.6 Å². The molecule has 0 spiro atoms. The van der Waals surface area contributed by atoms with E-state index < -0.39 is 93.3 Å². The predicted molar refractivity (Wildman–Crippen MR) is 72.7 cm³/mol. The molecule has 1 nitrogen and oxygen atoms in total. The summed E-state index contributed by atoms with van der Waals surface area (Å²) >= 11 is 0. The lowest BCUT2D eigenvalue weighted by Gasteiger charge is -2.58. The lowest BCUT2D eigenvalue weighted by molar-refractivity contribution is -0.506. The highest BCUT2D eigenvalue weighted by molar-refractivity contribution is 5.49. The quantitative estimate of drug-likeness (QED) is 0.208. The van der Waals surface area contributed by atoms with Crippen LogP contribution in [0.1, 0.15) is 0 Å². The molecule has 0 aromatic rings. The van der Waals surface area contributed by atoms with Crippen molar-refractivity contribution < 1.29 is 119 Å². The highest BCUT2D eigenvalue weighted by Crippen LogP contribution is 2.86. The molecule has 3 fully saturated rings. The van der Waals surface area contributed by atoms with Crippen LogP contribution in [0, 0.1) is 0 Å². The molecule has 0 amide bonds. The van der Waals surface area contributed by atoms with E-state index in [-0.39, 0.29) is 0 Å². The summed E-state index contributed by atoms with van der Waals surface area (Å²) in [5, 5.41) is 0. The number of rotatable bonds is 2. The number of alkyl halides is 27. The summed E-state index contributed by atoms with van der Waals surface area (Å²) in [7, 11) is 0. The Bertz CT molecular complexity index is 1140.